The van der Waals surface area contributed by atoms with Gasteiger partial charge in [0.15, 0.2) is 0 Å². The average molecular weight is 235 g/mol. The van der Waals surface area contributed by atoms with Gasteiger partial charge in [-0.25, -0.2) is 15.8 Å². The molecule has 1 aromatic heterocycles. The van der Waals surface area contributed by atoms with Gasteiger partial charge in [0.2, 0.25) is 0 Å². The highest BCUT2D eigenvalue weighted by molar-refractivity contribution is 5.49. The van der Waals surface area contributed by atoms with E-state index >= 15 is 0 Å². The van der Waals surface area contributed by atoms with Crippen LogP contribution in [0.4, 0.5) is 11.6 Å². The quantitative estimate of drug-likeness (QED) is 0.616. The molecule has 1 fully saturated rings. The van der Waals surface area contributed by atoms with E-state index < -0.39 is 0 Å². The maximum atomic E-state index is 5.44. The minimum absolute atomic E-state index is 0.705. The predicted molar refractivity (Wildman–Crippen MR) is 69.9 cm³/mol. The Labute approximate surface area is 102 Å². The third kappa shape index (κ3) is 3.06. The van der Waals surface area contributed by atoms with Gasteiger partial charge in [0.05, 0.1) is 0 Å². The van der Waals surface area contributed by atoms with E-state index in [1.54, 1.807) is 0 Å². The highest BCUT2D eigenvalue weighted by atomic mass is 15.3. The molecule has 0 aliphatic carbocycles. The maximum absolute atomic E-state index is 5.44. The smallest absolute Gasteiger partial charge is 0.145 e. The van der Waals surface area contributed by atoms with Gasteiger partial charge in [-0.1, -0.05) is 19.8 Å². The summed E-state index contributed by atoms with van der Waals surface area (Å²) < 4.78 is 0. The summed E-state index contributed by atoms with van der Waals surface area (Å²) in [6.45, 7) is 4.23. The molecule has 0 unspecified atom stereocenters. The number of aryl methyl sites for hydroxylation is 1. The minimum Gasteiger partial charge on any atom is -0.356 e. The first-order valence-corrected chi connectivity index (χ1v) is 6.43. The van der Waals surface area contributed by atoms with Crippen LogP contribution in [0, 0.1) is 0 Å². The average Bonchev–Trinajstić information content (AvgIpc) is 2.67. The third-order valence-corrected chi connectivity index (χ3v) is 3.15. The van der Waals surface area contributed by atoms with Gasteiger partial charge in [0, 0.05) is 25.6 Å². The first kappa shape index (κ1) is 12.1. The van der Waals surface area contributed by atoms with Crippen LogP contribution in [0.2, 0.25) is 0 Å². The number of anilines is 2. The molecule has 0 radical (unpaired) electrons. The van der Waals surface area contributed by atoms with E-state index in [0.29, 0.717) is 5.82 Å². The van der Waals surface area contributed by atoms with Gasteiger partial charge in [-0.2, -0.15) is 0 Å². The van der Waals surface area contributed by atoms with Gasteiger partial charge in [-0.15, -0.1) is 0 Å². The Morgan fingerprint density at radius 3 is 2.53 bits per heavy atom. The van der Waals surface area contributed by atoms with Crippen LogP contribution in [-0.4, -0.2) is 23.1 Å². The lowest BCUT2D eigenvalue weighted by Crippen LogP contribution is -2.26. The van der Waals surface area contributed by atoms with Gasteiger partial charge in [0.25, 0.3) is 0 Å². The molecule has 17 heavy (non-hydrogen) atoms. The van der Waals surface area contributed by atoms with Crippen LogP contribution in [0.1, 0.15) is 38.4 Å². The summed E-state index contributed by atoms with van der Waals surface area (Å²) in [4.78, 5) is 11.2. The molecule has 0 atom stereocenters. The molecular weight excluding hydrogens is 214 g/mol. The standard InChI is InChI=1S/C12H21N5/c1-2-10-14-11(16-13)9-12(15-10)17-7-5-3-4-6-8-17/h9H,2-8,13H2,1H3,(H,14,15,16). The van der Waals surface area contributed by atoms with E-state index in [1.807, 2.05) is 6.07 Å². The Balaban J connectivity index is 2.22. The Hall–Kier alpha value is -1.36. The van der Waals surface area contributed by atoms with E-state index in [0.717, 1.165) is 31.2 Å². The monoisotopic (exact) mass is 235 g/mol. The Bertz CT molecular complexity index is 336. The van der Waals surface area contributed by atoms with Crippen molar-refractivity contribution in [1.82, 2.24) is 9.97 Å². The van der Waals surface area contributed by atoms with Crippen molar-refractivity contribution in [2.24, 2.45) is 5.84 Å². The van der Waals surface area contributed by atoms with E-state index in [-0.39, 0.29) is 0 Å². The van der Waals surface area contributed by atoms with Gasteiger partial charge in [-0.05, 0) is 12.8 Å². The highest BCUT2D eigenvalue weighted by Gasteiger charge is 2.13. The summed E-state index contributed by atoms with van der Waals surface area (Å²) in [6.07, 6.45) is 5.97. The summed E-state index contributed by atoms with van der Waals surface area (Å²) in [5.41, 5.74) is 2.62. The Morgan fingerprint density at radius 2 is 1.94 bits per heavy atom. The molecule has 5 heteroatoms. The first-order chi connectivity index (χ1) is 8.33. The lowest BCUT2D eigenvalue weighted by atomic mass is 10.2. The number of hydrogen-bond donors (Lipinski definition) is 2. The zero-order chi connectivity index (χ0) is 12.1. The fourth-order valence-electron chi connectivity index (χ4n) is 2.18. The molecule has 1 aliphatic heterocycles. The van der Waals surface area contributed by atoms with Crippen LogP contribution in [0.15, 0.2) is 6.07 Å². The van der Waals surface area contributed by atoms with Crippen LogP contribution in [0.5, 0.6) is 0 Å². The lowest BCUT2D eigenvalue weighted by molar-refractivity contribution is 0.726. The fraction of sp³-hybridized carbons (Fsp3) is 0.667. The van der Waals surface area contributed by atoms with Crippen LogP contribution in [0.25, 0.3) is 0 Å². The molecule has 0 aromatic carbocycles. The zero-order valence-corrected chi connectivity index (χ0v) is 10.4. The van der Waals surface area contributed by atoms with E-state index in [4.69, 9.17) is 5.84 Å². The normalized spacial score (nSPS) is 16.7. The van der Waals surface area contributed by atoms with E-state index in [2.05, 4.69) is 27.2 Å². The number of rotatable bonds is 3. The molecule has 1 saturated heterocycles. The third-order valence-electron chi connectivity index (χ3n) is 3.15. The topological polar surface area (TPSA) is 67.1 Å². The lowest BCUT2D eigenvalue weighted by Gasteiger charge is -2.22. The highest BCUT2D eigenvalue weighted by Crippen LogP contribution is 2.19. The number of nitrogens with zero attached hydrogens (tertiary/aromatic N) is 3. The van der Waals surface area contributed by atoms with Gasteiger partial charge in [0.1, 0.15) is 17.5 Å². The molecule has 0 amide bonds. The molecule has 94 valence electrons. The number of hydrogen-bond acceptors (Lipinski definition) is 5. The number of nitrogen functional groups attached to an aromatic ring is 1. The minimum atomic E-state index is 0.705. The maximum Gasteiger partial charge on any atom is 0.145 e. The molecular formula is C12H21N5. The second kappa shape index (κ2) is 5.82. The second-order valence-corrected chi connectivity index (χ2v) is 4.43. The van der Waals surface area contributed by atoms with Crippen molar-refractivity contribution in [3.63, 3.8) is 0 Å². The number of nitrogens with one attached hydrogen (secondary N) is 1. The molecule has 3 N–H and O–H groups in total. The molecule has 2 rings (SSSR count). The predicted octanol–water partition coefficient (Wildman–Crippen LogP) is 1.70. The van der Waals surface area contributed by atoms with Crippen LogP contribution in [0.3, 0.4) is 0 Å². The van der Waals surface area contributed by atoms with Crippen molar-refractivity contribution in [3.05, 3.63) is 11.9 Å². The molecule has 1 aromatic rings. The summed E-state index contributed by atoms with van der Waals surface area (Å²) in [5.74, 6) is 8.00. The number of nitrogens with two attached hydrogens (primary N) is 1. The molecule has 0 saturated carbocycles. The van der Waals surface area contributed by atoms with Gasteiger partial charge < -0.3 is 10.3 Å². The fourth-order valence-corrected chi connectivity index (χ4v) is 2.18. The SMILES string of the molecule is CCc1nc(NN)cc(N2CCCCCC2)n1. The van der Waals surface area contributed by atoms with Gasteiger partial charge in [-0.3, -0.25) is 0 Å². The summed E-state index contributed by atoms with van der Waals surface area (Å²) in [6, 6.07) is 1.94. The molecule has 2 heterocycles. The van der Waals surface area contributed by atoms with E-state index in [1.165, 1.54) is 25.7 Å². The zero-order valence-electron chi connectivity index (χ0n) is 10.4. The van der Waals surface area contributed by atoms with Crippen LogP contribution >= 0.6 is 0 Å². The van der Waals surface area contributed by atoms with E-state index in [9.17, 15) is 0 Å². The number of hydrazine groups is 1. The Kier molecular flexibility index (Phi) is 4.14. The molecule has 5 nitrogen and oxygen atoms in total. The van der Waals surface area contributed by atoms with Crippen LogP contribution in [-0.2, 0) is 6.42 Å². The van der Waals surface area contributed by atoms with Crippen molar-refractivity contribution in [1.29, 1.82) is 0 Å². The number of aromatic nitrogens is 2. The summed E-state index contributed by atoms with van der Waals surface area (Å²) in [7, 11) is 0. The van der Waals surface area contributed by atoms with Crippen molar-refractivity contribution < 1.29 is 0 Å². The molecule has 1 aliphatic rings. The van der Waals surface area contributed by atoms with Crippen LogP contribution < -0.4 is 16.2 Å². The van der Waals surface area contributed by atoms with Crippen molar-refractivity contribution in [2.45, 2.75) is 39.0 Å². The van der Waals surface area contributed by atoms with Crippen molar-refractivity contribution in [2.75, 3.05) is 23.4 Å². The largest absolute Gasteiger partial charge is 0.356 e. The summed E-state index contributed by atoms with van der Waals surface area (Å²) in [5, 5.41) is 0. The van der Waals surface area contributed by atoms with Gasteiger partial charge >= 0.3 is 0 Å². The van der Waals surface area contributed by atoms with Crippen molar-refractivity contribution >= 4 is 11.6 Å². The Morgan fingerprint density at radius 1 is 1.24 bits per heavy atom. The molecule has 0 bridgehead atoms. The van der Waals surface area contributed by atoms with Crippen molar-refractivity contribution in [3.8, 4) is 0 Å². The first-order valence-electron chi connectivity index (χ1n) is 6.43. The molecule has 0 spiro atoms. The summed E-state index contributed by atoms with van der Waals surface area (Å²) >= 11 is 0. The second-order valence-electron chi connectivity index (χ2n) is 4.43.